The van der Waals surface area contributed by atoms with Crippen LogP contribution in [0.4, 0.5) is 5.69 Å². The number of hydrogen-bond acceptors (Lipinski definition) is 6. The maximum atomic E-state index is 12.4. The number of rotatable bonds is 7. The van der Waals surface area contributed by atoms with Gasteiger partial charge < -0.3 is 14.8 Å². The summed E-state index contributed by atoms with van der Waals surface area (Å²) in [4.78, 5) is 28.1. The van der Waals surface area contributed by atoms with E-state index in [1.165, 1.54) is 18.4 Å². The first-order valence-corrected chi connectivity index (χ1v) is 10.0. The maximum absolute atomic E-state index is 12.4. The lowest BCUT2D eigenvalue weighted by Crippen LogP contribution is -2.16. The Bertz CT molecular complexity index is 1040. The summed E-state index contributed by atoms with van der Waals surface area (Å²) in [6.07, 6.45) is 0.154. The van der Waals surface area contributed by atoms with E-state index in [0.717, 1.165) is 16.1 Å². The van der Waals surface area contributed by atoms with Gasteiger partial charge in [-0.15, -0.1) is 11.3 Å². The van der Waals surface area contributed by atoms with Gasteiger partial charge in [-0.2, -0.15) is 0 Å². The Morgan fingerprint density at radius 1 is 1.21 bits per heavy atom. The largest absolute Gasteiger partial charge is 0.482 e. The molecule has 0 bridgehead atoms. The van der Waals surface area contributed by atoms with Gasteiger partial charge in [0.05, 0.1) is 24.2 Å². The monoisotopic (exact) mass is 430 g/mol. The number of aromatic nitrogens is 1. The molecule has 1 N–H and O–H groups in total. The summed E-state index contributed by atoms with van der Waals surface area (Å²) in [7, 11) is 1.30. The number of aryl methyl sites for hydroxylation is 1. The molecule has 0 atom stereocenters. The summed E-state index contributed by atoms with van der Waals surface area (Å²) in [5, 5.41) is 6.14. The highest BCUT2D eigenvalue weighted by Crippen LogP contribution is 2.30. The molecular formula is C21H19ClN2O4S. The summed E-state index contributed by atoms with van der Waals surface area (Å²) >= 11 is 7.66. The minimum absolute atomic E-state index is 0.154. The molecule has 8 heteroatoms. The Kier molecular flexibility index (Phi) is 6.85. The number of anilines is 1. The van der Waals surface area contributed by atoms with Gasteiger partial charge in [0.25, 0.3) is 0 Å². The number of carbonyl (C=O) groups excluding carboxylic acids is 2. The first-order chi connectivity index (χ1) is 14.0. The van der Waals surface area contributed by atoms with Gasteiger partial charge in [-0.3, -0.25) is 4.79 Å². The van der Waals surface area contributed by atoms with Crippen molar-refractivity contribution in [1.82, 2.24) is 4.98 Å². The van der Waals surface area contributed by atoms with Crippen molar-refractivity contribution in [1.29, 1.82) is 0 Å². The van der Waals surface area contributed by atoms with Crippen LogP contribution in [0.5, 0.6) is 5.75 Å². The van der Waals surface area contributed by atoms with Crippen molar-refractivity contribution in [2.24, 2.45) is 0 Å². The second-order valence-corrected chi connectivity index (χ2v) is 7.46. The van der Waals surface area contributed by atoms with Crippen LogP contribution in [-0.2, 0) is 20.7 Å². The second-order valence-electron chi connectivity index (χ2n) is 6.19. The molecule has 1 heterocycles. The molecule has 0 saturated heterocycles. The molecule has 0 fully saturated rings. The van der Waals surface area contributed by atoms with Gasteiger partial charge in [-0.25, -0.2) is 9.78 Å². The van der Waals surface area contributed by atoms with Gasteiger partial charge in [0.15, 0.2) is 6.61 Å². The van der Waals surface area contributed by atoms with Crippen molar-refractivity contribution < 1.29 is 19.1 Å². The molecule has 0 saturated carbocycles. The topological polar surface area (TPSA) is 77.5 Å². The van der Waals surface area contributed by atoms with Gasteiger partial charge in [0.1, 0.15) is 10.8 Å². The van der Waals surface area contributed by atoms with E-state index in [4.69, 9.17) is 16.3 Å². The number of carbonyl (C=O) groups is 2. The highest BCUT2D eigenvalue weighted by Gasteiger charge is 2.12. The standard InChI is InChI=1S/C21H19ClN2O4S/c1-13-9-15(28-11-20(26)27-2)7-8-18(13)24-19(25)10-14-12-29-21(23-14)16-5-3-4-6-17(16)22/h3-9,12H,10-11H2,1-2H3,(H,24,25). The molecule has 0 aliphatic carbocycles. The van der Waals surface area contributed by atoms with Crippen LogP contribution in [0.3, 0.4) is 0 Å². The van der Waals surface area contributed by atoms with Crippen LogP contribution < -0.4 is 10.1 Å². The minimum Gasteiger partial charge on any atom is -0.482 e. The number of benzene rings is 2. The zero-order valence-electron chi connectivity index (χ0n) is 15.9. The van der Waals surface area contributed by atoms with E-state index < -0.39 is 5.97 Å². The first-order valence-electron chi connectivity index (χ1n) is 8.75. The van der Waals surface area contributed by atoms with Crippen LogP contribution in [0.2, 0.25) is 5.02 Å². The predicted molar refractivity (Wildman–Crippen MR) is 114 cm³/mol. The number of thiazole rings is 1. The number of methoxy groups -OCH3 is 1. The van der Waals surface area contributed by atoms with E-state index in [-0.39, 0.29) is 18.9 Å². The average molecular weight is 431 g/mol. The third-order valence-electron chi connectivity index (χ3n) is 4.05. The average Bonchev–Trinajstić information content (AvgIpc) is 3.16. The number of esters is 1. The molecule has 3 aromatic rings. The highest BCUT2D eigenvalue weighted by atomic mass is 35.5. The molecule has 150 valence electrons. The fourth-order valence-electron chi connectivity index (χ4n) is 2.57. The van der Waals surface area contributed by atoms with E-state index in [1.54, 1.807) is 18.2 Å². The molecule has 2 aromatic carbocycles. The summed E-state index contributed by atoms with van der Waals surface area (Å²) in [5.74, 6) is -0.110. The quantitative estimate of drug-likeness (QED) is 0.558. The van der Waals surface area contributed by atoms with Crippen LogP contribution in [0.1, 0.15) is 11.3 Å². The third-order valence-corrected chi connectivity index (χ3v) is 5.31. The van der Waals surface area contributed by atoms with Crippen molar-refractivity contribution in [2.45, 2.75) is 13.3 Å². The molecule has 0 unspecified atom stereocenters. The summed E-state index contributed by atoms with van der Waals surface area (Å²) in [6.45, 7) is 1.68. The van der Waals surface area contributed by atoms with Crippen molar-refractivity contribution in [2.75, 3.05) is 19.0 Å². The number of nitrogens with one attached hydrogen (secondary N) is 1. The summed E-state index contributed by atoms with van der Waals surface area (Å²) in [5.41, 5.74) is 3.01. The Morgan fingerprint density at radius 3 is 2.72 bits per heavy atom. The molecule has 0 spiro atoms. The van der Waals surface area contributed by atoms with E-state index >= 15 is 0 Å². The minimum atomic E-state index is -0.459. The lowest BCUT2D eigenvalue weighted by Gasteiger charge is -2.10. The lowest BCUT2D eigenvalue weighted by molar-refractivity contribution is -0.142. The number of amides is 1. The Morgan fingerprint density at radius 2 is 2.00 bits per heavy atom. The van der Waals surface area contributed by atoms with Crippen LogP contribution in [0.25, 0.3) is 10.6 Å². The van der Waals surface area contributed by atoms with Gasteiger partial charge in [-0.05, 0) is 36.8 Å². The molecule has 6 nitrogen and oxygen atoms in total. The summed E-state index contributed by atoms with van der Waals surface area (Å²) in [6, 6.07) is 12.6. The number of halogens is 1. The molecule has 0 aliphatic heterocycles. The molecule has 0 radical (unpaired) electrons. The van der Waals surface area contributed by atoms with E-state index in [9.17, 15) is 9.59 Å². The van der Waals surface area contributed by atoms with E-state index in [1.807, 2.05) is 36.6 Å². The SMILES string of the molecule is COC(=O)COc1ccc(NC(=O)Cc2csc(-c3ccccc3Cl)n2)c(C)c1. The van der Waals surface area contributed by atoms with E-state index in [2.05, 4.69) is 15.0 Å². The molecule has 3 rings (SSSR count). The first kappa shape index (κ1) is 20.8. The van der Waals surface area contributed by atoms with Gasteiger partial charge in [-0.1, -0.05) is 29.8 Å². The van der Waals surface area contributed by atoms with Gasteiger partial charge in [0, 0.05) is 16.6 Å². The number of hydrogen-bond donors (Lipinski definition) is 1. The van der Waals surface area contributed by atoms with Crippen LogP contribution in [0, 0.1) is 6.92 Å². The lowest BCUT2D eigenvalue weighted by atomic mass is 10.2. The molecular weight excluding hydrogens is 412 g/mol. The predicted octanol–water partition coefficient (Wildman–Crippen LogP) is 4.50. The van der Waals surface area contributed by atoms with Crippen molar-refractivity contribution in [3.63, 3.8) is 0 Å². The molecule has 29 heavy (non-hydrogen) atoms. The summed E-state index contributed by atoms with van der Waals surface area (Å²) < 4.78 is 9.88. The number of nitrogens with zero attached hydrogens (tertiary/aromatic N) is 1. The zero-order chi connectivity index (χ0) is 20.8. The Labute approximate surface area is 177 Å². The fraction of sp³-hybridized carbons (Fsp3) is 0.190. The second kappa shape index (κ2) is 9.54. The normalized spacial score (nSPS) is 10.4. The van der Waals surface area contributed by atoms with Crippen molar-refractivity contribution in [3.8, 4) is 16.3 Å². The smallest absolute Gasteiger partial charge is 0.343 e. The van der Waals surface area contributed by atoms with Crippen LogP contribution in [-0.4, -0.2) is 30.6 Å². The van der Waals surface area contributed by atoms with Gasteiger partial charge >= 0.3 is 5.97 Å². The Balaban J connectivity index is 1.61. The highest BCUT2D eigenvalue weighted by molar-refractivity contribution is 7.13. The zero-order valence-corrected chi connectivity index (χ0v) is 17.5. The van der Waals surface area contributed by atoms with E-state index in [0.29, 0.717) is 22.2 Å². The van der Waals surface area contributed by atoms with Crippen molar-refractivity contribution >= 4 is 40.5 Å². The fourth-order valence-corrected chi connectivity index (χ4v) is 3.71. The maximum Gasteiger partial charge on any atom is 0.343 e. The molecule has 0 aliphatic rings. The van der Waals surface area contributed by atoms with Crippen molar-refractivity contribution in [3.05, 3.63) is 64.1 Å². The van der Waals surface area contributed by atoms with Gasteiger partial charge in [0.2, 0.25) is 5.91 Å². The third kappa shape index (κ3) is 5.56. The van der Waals surface area contributed by atoms with Crippen LogP contribution >= 0.6 is 22.9 Å². The number of ether oxygens (including phenoxy) is 2. The Hall–Kier alpha value is -2.90. The molecule has 1 aromatic heterocycles. The van der Waals surface area contributed by atoms with Crippen LogP contribution in [0.15, 0.2) is 47.8 Å². The molecule has 1 amide bonds.